The van der Waals surface area contributed by atoms with Gasteiger partial charge in [0.25, 0.3) is 5.91 Å². The summed E-state index contributed by atoms with van der Waals surface area (Å²) in [5.74, 6) is 1.59. The van der Waals surface area contributed by atoms with E-state index < -0.39 is 0 Å². The Balaban J connectivity index is 1.74. The number of aliphatic imine (C=N–C) groups is 1. The van der Waals surface area contributed by atoms with Crippen LogP contribution >= 0.6 is 35.0 Å². The fraction of sp³-hybridized carbons (Fsp3) is 0.263. The molecule has 5 nitrogen and oxygen atoms in total. The Morgan fingerprint density at radius 1 is 1.15 bits per heavy atom. The number of rotatable bonds is 5. The summed E-state index contributed by atoms with van der Waals surface area (Å²) >= 11 is 13.6. The number of amides is 1. The molecule has 0 spiro atoms. The maximum absolute atomic E-state index is 13.0. The molecule has 1 aliphatic heterocycles. The molecular formula is C19H18Cl2N2O3S. The third-order valence-electron chi connectivity index (χ3n) is 4.02. The number of hydrogen-bond donors (Lipinski definition) is 0. The molecular weight excluding hydrogens is 407 g/mol. The van der Waals surface area contributed by atoms with E-state index in [0.29, 0.717) is 51.1 Å². The van der Waals surface area contributed by atoms with Gasteiger partial charge in [-0.15, -0.1) is 0 Å². The molecule has 0 bridgehead atoms. The minimum absolute atomic E-state index is 0.141. The van der Waals surface area contributed by atoms with Crippen LogP contribution in [0.4, 0.5) is 0 Å². The molecule has 2 aromatic carbocycles. The number of hydrogen-bond acceptors (Lipinski definition) is 5. The highest BCUT2D eigenvalue weighted by atomic mass is 35.5. The molecule has 27 heavy (non-hydrogen) atoms. The average Bonchev–Trinajstić information content (AvgIpc) is 3.14. The van der Waals surface area contributed by atoms with Crippen LogP contribution in [0.2, 0.25) is 10.0 Å². The first-order chi connectivity index (χ1) is 13.0. The smallest absolute Gasteiger partial charge is 0.260 e. The first kappa shape index (κ1) is 19.9. The molecule has 1 heterocycles. The lowest BCUT2D eigenvalue weighted by atomic mass is 10.1. The first-order valence-corrected chi connectivity index (χ1v) is 9.92. The fourth-order valence-corrected chi connectivity index (χ4v) is 4.21. The number of nitrogens with zero attached hydrogens (tertiary/aromatic N) is 2. The van der Waals surface area contributed by atoms with E-state index >= 15 is 0 Å². The summed E-state index contributed by atoms with van der Waals surface area (Å²) in [4.78, 5) is 19.1. The maximum atomic E-state index is 13.0. The summed E-state index contributed by atoms with van der Waals surface area (Å²) in [7, 11) is 3.11. The van der Waals surface area contributed by atoms with Crippen molar-refractivity contribution in [1.29, 1.82) is 0 Å². The van der Waals surface area contributed by atoms with Crippen LogP contribution in [0.3, 0.4) is 0 Å². The quantitative estimate of drug-likeness (QED) is 0.694. The van der Waals surface area contributed by atoms with Gasteiger partial charge in [0.2, 0.25) is 0 Å². The van der Waals surface area contributed by atoms with Crippen LogP contribution in [0.1, 0.15) is 15.9 Å². The van der Waals surface area contributed by atoms with Crippen molar-refractivity contribution in [1.82, 2.24) is 4.90 Å². The monoisotopic (exact) mass is 424 g/mol. The lowest BCUT2D eigenvalue weighted by molar-refractivity contribution is 0.0860. The number of benzene rings is 2. The number of carbonyl (C=O) groups excluding carboxylic acids is 1. The number of ether oxygens (including phenoxy) is 2. The summed E-state index contributed by atoms with van der Waals surface area (Å²) in [5.41, 5.74) is 1.43. The van der Waals surface area contributed by atoms with Crippen LogP contribution in [0.15, 0.2) is 41.4 Å². The molecule has 8 heteroatoms. The minimum atomic E-state index is -0.141. The molecule has 0 fully saturated rings. The Morgan fingerprint density at radius 2 is 1.85 bits per heavy atom. The zero-order valence-electron chi connectivity index (χ0n) is 14.9. The second kappa shape index (κ2) is 8.87. The molecule has 2 aromatic rings. The number of amidine groups is 1. The summed E-state index contributed by atoms with van der Waals surface area (Å²) in [6.07, 6.45) is 0. The Morgan fingerprint density at radius 3 is 2.48 bits per heavy atom. The van der Waals surface area contributed by atoms with E-state index in [9.17, 15) is 4.79 Å². The van der Waals surface area contributed by atoms with E-state index in [0.717, 1.165) is 5.56 Å². The van der Waals surface area contributed by atoms with Gasteiger partial charge in [0.1, 0.15) is 11.5 Å². The minimum Gasteiger partial charge on any atom is -0.497 e. The highest BCUT2D eigenvalue weighted by molar-refractivity contribution is 8.13. The highest BCUT2D eigenvalue weighted by Gasteiger charge is 2.26. The van der Waals surface area contributed by atoms with Gasteiger partial charge in [-0.1, -0.05) is 41.0 Å². The molecule has 0 saturated heterocycles. The average molecular weight is 425 g/mol. The summed E-state index contributed by atoms with van der Waals surface area (Å²) in [5, 5.41) is 1.87. The molecule has 0 aliphatic carbocycles. The van der Waals surface area contributed by atoms with Crippen LogP contribution in [0.25, 0.3) is 0 Å². The van der Waals surface area contributed by atoms with Crippen LogP contribution in [-0.4, -0.2) is 43.3 Å². The Hall–Kier alpha value is -1.89. The SMILES string of the molecule is COc1cc(OC)cc(C(=O)N2CCN=C2SCc2ccc(Cl)cc2Cl)c1. The lowest BCUT2D eigenvalue weighted by Gasteiger charge is -2.19. The van der Waals surface area contributed by atoms with Gasteiger partial charge in [0, 0.05) is 34.0 Å². The zero-order valence-corrected chi connectivity index (χ0v) is 17.2. The van der Waals surface area contributed by atoms with E-state index in [-0.39, 0.29) is 5.91 Å². The molecule has 1 amide bonds. The van der Waals surface area contributed by atoms with Crippen molar-refractivity contribution < 1.29 is 14.3 Å². The van der Waals surface area contributed by atoms with Crippen molar-refractivity contribution in [3.63, 3.8) is 0 Å². The van der Waals surface area contributed by atoms with Crippen LogP contribution < -0.4 is 9.47 Å². The van der Waals surface area contributed by atoms with Gasteiger partial charge in [-0.05, 0) is 29.8 Å². The molecule has 0 unspecified atom stereocenters. The molecule has 0 N–H and O–H groups in total. The van der Waals surface area contributed by atoms with E-state index in [2.05, 4.69) is 4.99 Å². The molecule has 142 valence electrons. The number of carbonyl (C=O) groups is 1. The van der Waals surface area contributed by atoms with Crippen molar-refractivity contribution in [2.75, 3.05) is 27.3 Å². The van der Waals surface area contributed by atoms with E-state index in [4.69, 9.17) is 32.7 Å². The second-order valence-electron chi connectivity index (χ2n) is 5.75. The third-order valence-corrected chi connectivity index (χ3v) is 5.67. The van der Waals surface area contributed by atoms with Gasteiger partial charge in [-0.2, -0.15) is 0 Å². The van der Waals surface area contributed by atoms with Gasteiger partial charge in [-0.25, -0.2) is 0 Å². The van der Waals surface area contributed by atoms with Gasteiger partial charge < -0.3 is 9.47 Å². The van der Waals surface area contributed by atoms with Crippen LogP contribution in [-0.2, 0) is 5.75 Å². The van der Waals surface area contributed by atoms with Crippen molar-refractivity contribution in [2.45, 2.75) is 5.75 Å². The van der Waals surface area contributed by atoms with Crippen LogP contribution in [0.5, 0.6) is 11.5 Å². The molecule has 0 atom stereocenters. The maximum Gasteiger partial charge on any atom is 0.260 e. The predicted molar refractivity (Wildman–Crippen MR) is 111 cm³/mol. The second-order valence-corrected chi connectivity index (χ2v) is 7.53. The van der Waals surface area contributed by atoms with Gasteiger partial charge in [-0.3, -0.25) is 14.7 Å². The largest absolute Gasteiger partial charge is 0.497 e. The summed E-state index contributed by atoms with van der Waals surface area (Å²) in [6.45, 7) is 1.11. The zero-order chi connectivity index (χ0) is 19.4. The van der Waals surface area contributed by atoms with Crippen LogP contribution in [0, 0.1) is 0 Å². The predicted octanol–water partition coefficient (Wildman–Crippen LogP) is 4.76. The third kappa shape index (κ3) is 4.69. The standard InChI is InChI=1S/C19H18Cl2N2O3S/c1-25-15-7-13(8-16(10-15)26-2)18(24)23-6-5-22-19(23)27-11-12-3-4-14(20)9-17(12)21/h3-4,7-10H,5-6,11H2,1-2H3. The topological polar surface area (TPSA) is 51.1 Å². The van der Waals surface area contributed by atoms with Gasteiger partial charge in [0.15, 0.2) is 5.17 Å². The molecule has 3 rings (SSSR count). The molecule has 0 radical (unpaired) electrons. The number of thioether (sulfide) groups is 1. The Kier molecular flexibility index (Phi) is 6.52. The van der Waals surface area contributed by atoms with E-state index in [1.807, 2.05) is 6.07 Å². The summed E-state index contributed by atoms with van der Waals surface area (Å²) in [6, 6.07) is 10.5. The fourth-order valence-electron chi connectivity index (χ4n) is 2.61. The van der Waals surface area contributed by atoms with E-state index in [1.54, 1.807) is 49.5 Å². The van der Waals surface area contributed by atoms with E-state index in [1.165, 1.54) is 11.8 Å². The highest BCUT2D eigenvalue weighted by Crippen LogP contribution is 2.29. The first-order valence-electron chi connectivity index (χ1n) is 8.18. The summed E-state index contributed by atoms with van der Waals surface area (Å²) < 4.78 is 10.5. The number of halogens is 2. The molecule has 0 saturated carbocycles. The lowest BCUT2D eigenvalue weighted by Crippen LogP contribution is -2.32. The van der Waals surface area contributed by atoms with Crippen molar-refractivity contribution in [2.24, 2.45) is 4.99 Å². The molecule has 0 aromatic heterocycles. The Bertz CT molecular complexity index is 867. The normalized spacial score (nSPS) is 13.5. The van der Waals surface area contributed by atoms with Gasteiger partial charge >= 0.3 is 0 Å². The van der Waals surface area contributed by atoms with Gasteiger partial charge in [0.05, 0.1) is 20.8 Å². The molecule has 1 aliphatic rings. The van der Waals surface area contributed by atoms with Crippen molar-refractivity contribution >= 4 is 46.0 Å². The Labute approximate surface area is 172 Å². The van der Waals surface area contributed by atoms with Crippen molar-refractivity contribution in [3.8, 4) is 11.5 Å². The number of methoxy groups -OCH3 is 2. The van der Waals surface area contributed by atoms with Crippen molar-refractivity contribution in [3.05, 3.63) is 57.6 Å².